The van der Waals surface area contributed by atoms with Crippen molar-refractivity contribution in [2.24, 2.45) is 0 Å². The molecule has 6 nitrogen and oxygen atoms in total. The van der Waals surface area contributed by atoms with Gasteiger partial charge in [-0.2, -0.15) is 0 Å². The molecule has 1 amide bonds. The molecule has 2 rings (SSSR count). The first kappa shape index (κ1) is 13.1. The predicted octanol–water partition coefficient (Wildman–Crippen LogP) is 0.938. The van der Waals surface area contributed by atoms with Gasteiger partial charge >= 0.3 is 12.1 Å². The topological polar surface area (TPSA) is 65.1 Å². The molecule has 18 heavy (non-hydrogen) atoms. The van der Waals surface area contributed by atoms with Crippen molar-refractivity contribution < 1.29 is 23.8 Å². The third-order valence-electron chi connectivity index (χ3n) is 3.21. The molecule has 0 saturated carbocycles. The largest absolute Gasteiger partial charge is 0.467 e. The molecule has 0 unspecified atom stereocenters. The fourth-order valence-electron chi connectivity index (χ4n) is 2.44. The van der Waals surface area contributed by atoms with Crippen molar-refractivity contribution in [2.75, 3.05) is 20.3 Å². The van der Waals surface area contributed by atoms with E-state index in [4.69, 9.17) is 14.2 Å². The second-order valence-corrected chi connectivity index (χ2v) is 5.75. The summed E-state index contributed by atoms with van der Waals surface area (Å²) in [6, 6.07) is 0. The van der Waals surface area contributed by atoms with E-state index >= 15 is 0 Å². The maximum Gasteiger partial charge on any atom is 0.411 e. The minimum atomic E-state index is -0.998. The Hall–Kier alpha value is -1.30. The van der Waals surface area contributed by atoms with Gasteiger partial charge in [-0.1, -0.05) is 0 Å². The Bertz CT molecular complexity index is 375. The maximum absolute atomic E-state index is 12.1. The Balaban J connectivity index is 2.18. The van der Waals surface area contributed by atoms with Gasteiger partial charge in [0.05, 0.1) is 26.4 Å². The number of hydrogen-bond donors (Lipinski definition) is 0. The van der Waals surface area contributed by atoms with Gasteiger partial charge in [0, 0.05) is 6.42 Å². The molecule has 2 atom stereocenters. The summed E-state index contributed by atoms with van der Waals surface area (Å²) in [5.74, 6) is -0.437. The van der Waals surface area contributed by atoms with Crippen LogP contribution in [0.15, 0.2) is 0 Å². The number of carbonyl (C=O) groups is 2. The van der Waals surface area contributed by atoms with E-state index < -0.39 is 23.2 Å². The number of methoxy groups -OCH3 is 1. The average molecular weight is 257 g/mol. The van der Waals surface area contributed by atoms with E-state index in [0.717, 1.165) is 0 Å². The van der Waals surface area contributed by atoms with Gasteiger partial charge in [-0.15, -0.1) is 0 Å². The molecule has 2 fully saturated rings. The molecule has 0 spiro atoms. The summed E-state index contributed by atoms with van der Waals surface area (Å²) in [5.41, 5.74) is -1.58. The van der Waals surface area contributed by atoms with E-state index in [9.17, 15) is 9.59 Å². The van der Waals surface area contributed by atoms with Gasteiger partial charge in [0.15, 0.2) is 5.54 Å². The molecule has 2 aliphatic rings. The highest BCUT2D eigenvalue weighted by molar-refractivity contribution is 5.87. The Morgan fingerprint density at radius 2 is 2.06 bits per heavy atom. The van der Waals surface area contributed by atoms with Gasteiger partial charge in [0.2, 0.25) is 0 Å². The zero-order valence-electron chi connectivity index (χ0n) is 11.2. The minimum absolute atomic E-state index is 0.100. The van der Waals surface area contributed by atoms with Crippen LogP contribution in [0.3, 0.4) is 0 Å². The van der Waals surface area contributed by atoms with Crippen molar-refractivity contribution in [1.82, 2.24) is 4.90 Å². The Morgan fingerprint density at radius 3 is 2.56 bits per heavy atom. The van der Waals surface area contributed by atoms with E-state index in [1.807, 2.05) is 0 Å². The number of esters is 1. The lowest BCUT2D eigenvalue weighted by Gasteiger charge is -2.36. The fourth-order valence-corrected chi connectivity index (χ4v) is 2.44. The average Bonchev–Trinajstić information content (AvgIpc) is 2.84. The molecular weight excluding hydrogens is 238 g/mol. The highest BCUT2D eigenvalue weighted by Crippen LogP contribution is 2.39. The van der Waals surface area contributed by atoms with Crippen molar-refractivity contribution >= 4 is 12.1 Å². The first-order valence-electron chi connectivity index (χ1n) is 5.99. The first-order chi connectivity index (χ1) is 8.28. The lowest BCUT2D eigenvalue weighted by Crippen LogP contribution is -2.57. The monoisotopic (exact) mass is 257 g/mol. The summed E-state index contributed by atoms with van der Waals surface area (Å²) >= 11 is 0. The summed E-state index contributed by atoms with van der Waals surface area (Å²) in [5, 5.41) is 0. The molecular formula is C12H19NO5. The quantitative estimate of drug-likeness (QED) is 0.654. The standard InChI is InChI=1S/C12H19NO5/c1-11(2,3)18-10(15)13-6-8-5-12(13,7-17-8)9(14)16-4/h8H,5-7H2,1-4H3/t8-,12-/m1/s1. The predicted molar refractivity (Wildman–Crippen MR) is 62.0 cm³/mol. The van der Waals surface area contributed by atoms with Crippen LogP contribution in [0.25, 0.3) is 0 Å². The van der Waals surface area contributed by atoms with Crippen LogP contribution in [0.5, 0.6) is 0 Å². The molecule has 6 heteroatoms. The molecule has 2 heterocycles. The molecule has 2 bridgehead atoms. The number of carbonyl (C=O) groups excluding carboxylic acids is 2. The van der Waals surface area contributed by atoms with Gasteiger partial charge < -0.3 is 14.2 Å². The normalized spacial score (nSPS) is 30.4. The number of fused-ring (bicyclic) bond motifs is 2. The van der Waals surface area contributed by atoms with Crippen LogP contribution in [0.1, 0.15) is 27.2 Å². The Labute approximate surface area is 106 Å². The van der Waals surface area contributed by atoms with E-state index in [0.29, 0.717) is 13.0 Å². The van der Waals surface area contributed by atoms with Gasteiger partial charge in [0.1, 0.15) is 5.60 Å². The number of rotatable bonds is 1. The second kappa shape index (κ2) is 4.12. The molecule has 2 saturated heterocycles. The van der Waals surface area contributed by atoms with Crippen LogP contribution < -0.4 is 0 Å². The number of morpholine rings is 1. The van der Waals surface area contributed by atoms with Crippen LogP contribution >= 0.6 is 0 Å². The van der Waals surface area contributed by atoms with Crippen molar-refractivity contribution in [3.05, 3.63) is 0 Å². The minimum Gasteiger partial charge on any atom is -0.467 e. The summed E-state index contributed by atoms with van der Waals surface area (Å²) < 4.78 is 15.6. The third kappa shape index (κ3) is 2.05. The number of ether oxygens (including phenoxy) is 3. The van der Waals surface area contributed by atoms with Crippen LogP contribution in [0, 0.1) is 0 Å². The molecule has 0 radical (unpaired) electrons. The van der Waals surface area contributed by atoms with Crippen molar-refractivity contribution in [3.8, 4) is 0 Å². The zero-order chi connectivity index (χ0) is 13.6. The lowest BCUT2D eigenvalue weighted by molar-refractivity contribution is -0.156. The van der Waals surface area contributed by atoms with E-state index in [2.05, 4.69) is 0 Å². The van der Waals surface area contributed by atoms with Crippen molar-refractivity contribution in [3.63, 3.8) is 0 Å². The third-order valence-corrected chi connectivity index (χ3v) is 3.21. The fraction of sp³-hybridized carbons (Fsp3) is 0.833. The molecule has 102 valence electrons. The lowest BCUT2D eigenvalue weighted by atomic mass is 9.99. The molecule has 0 N–H and O–H groups in total. The van der Waals surface area contributed by atoms with Crippen molar-refractivity contribution in [2.45, 2.75) is 44.4 Å². The Kier molecular flexibility index (Phi) is 3.01. The smallest absolute Gasteiger partial charge is 0.411 e. The second-order valence-electron chi connectivity index (χ2n) is 5.75. The molecule has 0 aromatic heterocycles. The van der Waals surface area contributed by atoms with Crippen LogP contribution in [0.2, 0.25) is 0 Å². The zero-order valence-corrected chi connectivity index (χ0v) is 11.2. The molecule has 0 aromatic carbocycles. The van der Waals surface area contributed by atoms with Gasteiger partial charge in [-0.3, -0.25) is 4.90 Å². The summed E-state index contributed by atoms with van der Waals surface area (Å²) in [6.45, 7) is 5.94. The number of nitrogens with zero attached hydrogens (tertiary/aromatic N) is 1. The Morgan fingerprint density at radius 1 is 1.39 bits per heavy atom. The number of likely N-dealkylation sites (tertiary alicyclic amines) is 1. The van der Waals surface area contributed by atoms with Crippen LogP contribution in [-0.2, 0) is 19.0 Å². The summed E-state index contributed by atoms with van der Waals surface area (Å²) in [4.78, 5) is 25.5. The SMILES string of the molecule is COC(=O)[C@@]12CO[C@@H](CN1C(=O)OC(C)(C)C)C2. The van der Waals surface area contributed by atoms with Crippen molar-refractivity contribution in [1.29, 1.82) is 0 Å². The molecule has 0 aromatic rings. The molecule has 2 aliphatic heterocycles. The van der Waals surface area contributed by atoms with Gasteiger partial charge in [-0.25, -0.2) is 9.59 Å². The van der Waals surface area contributed by atoms with Gasteiger partial charge in [0.25, 0.3) is 0 Å². The van der Waals surface area contributed by atoms with E-state index in [1.165, 1.54) is 12.0 Å². The van der Waals surface area contributed by atoms with Crippen LogP contribution in [0.4, 0.5) is 4.79 Å². The highest BCUT2D eigenvalue weighted by atomic mass is 16.6. The van der Waals surface area contributed by atoms with E-state index in [1.54, 1.807) is 20.8 Å². The summed E-state index contributed by atoms with van der Waals surface area (Å²) in [6.07, 6.45) is -0.103. The van der Waals surface area contributed by atoms with Gasteiger partial charge in [-0.05, 0) is 20.8 Å². The first-order valence-corrected chi connectivity index (χ1v) is 5.99. The maximum atomic E-state index is 12.1. The summed E-state index contributed by atoms with van der Waals surface area (Å²) in [7, 11) is 1.32. The van der Waals surface area contributed by atoms with E-state index in [-0.39, 0.29) is 12.7 Å². The van der Waals surface area contributed by atoms with Crippen LogP contribution in [-0.4, -0.2) is 54.5 Å². The highest BCUT2D eigenvalue weighted by Gasteiger charge is 2.60. The number of hydrogen-bond acceptors (Lipinski definition) is 5. The number of amides is 1. The molecule has 0 aliphatic carbocycles.